The van der Waals surface area contributed by atoms with Gasteiger partial charge in [-0.1, -0.05) is 6.92 Å². The normalized spacial score (nSPS) is 19.4. The van der Waals surface area contributed by atoms with Crippen molar-refractivity contribution in [2.75, 3.05) is 31.6 Å². The van der Waals surface area contributed by atoms with Gasteiger partial charge in [0, 0.05) is 19.3 Å². The van der Waals surface area contributed by atoms with E-state index in [-0.39, 0.29) is 4.90 Å². The zero-order valence-corrected chi connectivity index (χ0v) is 13.6. The first kappa shape index (κ1) is 16.2. The third kappa shape index (κ3) is 3.53. The van der Waals surface area contributed by atoms with Crippen molar-refractivity contribution in [3.8, 4) is 0 Å². The molecule has 1 aliphatic heterocycles. The SMILES string of the molecule is CCCNc1ccc(S(=O)(=O)N2CCOCC2(C)C)cn1. The largest absolute Gasteiger partial charge is 0.378 e. The fourth-order valence-electron chi connectivity index (χ4n) is 2.31. The van der Waals surface area contributed by atoms with Gasteiger partial charge in [-0.2, -0.15) is 4.31 Å². The van der Waals surface area contributed by atoms with Crippen LogP contribution in [-0.2, 0) is 14.8 Å². The third-order valence-corrected chi connectivity index (χ3v) is 5.54. The highest BCUT2D eigenvalue weighted by Gasteiger charge is 2.39. The van der Waals surface area contributed by atoms with Gasteiger partial charge in [0.05, 0.1) is 18.8 Å². The maximum atomic E-state index is 12.7. The van der Waals surface area contributed by atoms with Gasteiger partial charge in [0.15, 0.2) is 0 Å². The molecule has 0 aliphatic carbocycles. The maximum Gasteiger partial charge on any atom is 0.245 e. The molecule has 6 nitrogen and oxygen atoms in total. The quantitative estimate of drug-likeness (QED) is 0.896. The van der Waals surface area contributed by atoms with Crippen molar-refractivity contribution in [3.05, 3.63) is 18.3 Å². The number of pyridine rings is 1. The standard InChI is InChI=1S/C14H23N3O3S/c1-4-7-15-13-6-5-12(10-16-13)21(18,19)17-8-9-20-11-14(17,2)3/h5-6,10H,4,7-9,11H2,1-3H3,(H,15,16). The van der Waals surface area contributed by atoms with Crippen LogP contribution < -0.4 is 5.32 Å². The zero-order valence-electron chi connectivity index (χ0n) is 12.8. The summed E-state index contributed by atoms with van der Waals surface area (Å²) < 4.78 is 32.4. The van der Waals surface area contributed by atoms with Crippen LogP contribution in [0.4, 0.5) is 5.82 Å². The Kier molecular flexibility index (Phi) is 4.85. The van der Waals surface area contributed by atoms with E-state index in [0.717, 1.165) is 13.0 Å². The van der Waals surface area contributed by atoms with Gasteiger partial charge in [-0.3, -0.25) is 0 Å². The molecule has 0 unspecified atom stereocenters. The number of sulfonamides is 1. The van der Waals surface area contributed by atoms with E-state index < -0.39 is 15.6 Å². The van der Waals surface area contributed by atoms with Gasteiger partial charge in [0.1, 0.15) is 10.7 Å². The molecule has 2 rings (SSSR count). The lowest BCUT2D eigenvalue weighted by Gasteiger charge is -2.40. The van der Waals surface area contributed by atoms with E-state index in [0.29, 0.717) is 25.6 Å². The Morgan fingerprint density at radius 2 is 2.19 bits per heavy atom. The van der Waals surface area contributed by atoms with Crippen molar-refractivity contribution in [1.82, 2.24) is 9.29 Å². The Labute approximate surface area is 126 Å². The van der Waals surface area contributed by atoms with Gasteiger partial charge in [0.25, 0.3) is 0 Å². The number of anilines is 1. The molecule has 1 aromatic rings. The van der Waals surface area contributed by atoms with E-state index in [4.69, 9.17) is 4.74 Å². The van der Waals surface area contributed by atoms with Crippen molar-refractivity contribution in [3.63, 3.8) is 0 Å². The minimum atomic E-state index is -3.54. The summed E-state index contributed by atoms with van der Waals surface area (Å²) in [5, 5.41) is 3.13. The van der Waals surface area contributed by atoms with Crippen LogP contribution >= 0.6 is 0 Å². The van der Waals surface area contributed by atoms with Gasteiger partial charge >= 0.3 is 0 Å². The molecule has 118 valence electrons. The number of aromatic nitrogens is 1. The molecule has 7 heteroatoms. The maximum absolute atomic E-state index is 12.7. The first-order chi connectivity index (χ1) is 9.88. The molecule has 2 heterocycles. The second-order valence-corrected chi connectivity index (χ2v) is 7.61. The molecule has 1 aromatic heterocycles. The molecule has 0 atom stereocenters. The summed E-state index contributed by atoms with van der Waals surface area (Å²) in [5.41, 5.74) is -0.545. The third-order valence-electron chi connectivity index (χ3n) is 3.45. The lowest BCUT2D eigenvalue weighted by atomic mass is 10.1. The smallest absolute Gasteiger partial charge is 0.245 e. The number of rotatable bonds is 5. The molecule has 1 saturated heterocycles. The van der Waals surface area contributed by atoms with Crippen LogP contribution in [0.5, 0.6) is 0 Å². The van der Waals surface area contributed by atoms with E-state index in [2.05, 4.69) is 17.2 Å². The molecule has 0 saturated carbocycles. The number of ether oxygens (including phenoxy) is 1. The minimum absolute atomic E-state index is 0.222. The van der Waals surface area contributed by atoms with Gasteiger partial charge < -0.3 is 10.1 Å². The Balaban J connectivity index is 2.22. The van der Waals surface area contributed by atoms with Crippen molar-refractivity contribution in [2.45, 2.75) is 37.6 Å². The highest BCUT2D eigenvalue weighted by Crippen LogP contribution is 2.27. The molecule has 0 radical (unpaired) electrons. The Hall–Kier alpha value is -1.18. The summed E-state index contributed by atoms with van der Waals surface area (Å²) in [6, 6.07) is 3.31. The summed E-state index contributed by atoms with van der Waals surface area (Å²) >= 11 is 0. The number of hydrogen-bond acceptors (Lipinski definition) is 5. The first-order valence-electron chi connectivity index (χ1n) is 7.18. The van der Waals surface area contributed by atoms with E-state index in [9.17, 15) is 8.42 Å². The monoisotopic (exact) mass is 313 g/mol. The highest BCUT2D eigenvalue weighted by molar-refractivity contribution is 7.89. The lowest BCUT2D eigenvalue weighted by Crippen LogP contribution is -2.55. The predicted octanol–water partition coefficient (Wildman–Crippen LogP) is 1.70. The van der Waals surface area contributed by atoms with Crippen molar-refractivity contribution >= 4 is 15.8 Å². The van der Waals surface area contributed by atoms with Crippen LogP contribution in [0.15, 0.2) is 23.2 Å². The molecule has 0 spiro atoms. The van der Waals surface area contributed by atoms with Crippen molar-refractivity contribution < 1.29 is 13.2 Å². The van der Waals surface area contributed by atoms with Crippen LogP contribution in [0, 0.1) is 0 Å². The van der Waals surface area contributed by atoms with Crippen LogP contribution in [0.3, 0.4) is 0 Å². The van der Waals surface area contributed by atoms with Gasteiger partial charge in [0.2, 0.25) is 10.0 Å². The predicted molar refractivity (Wildman–Crippen MR) is 81.8 cm³/mol. The number of morpholine rings is 1. The summed E-state index contributed by atoms with van der Waals surface area (Å²) in [6.45, 7) is 7.80. The molecular formula is C14H23N3O3S. The zero-order chi connectivity index (χ0) is 15.5. The molecule has 1 fully saturated rings. The summed E-state index contributed by atoms with van der Waals surface area (Å²) in [6.07, 6.45) is 2.41. The van der Waals surface area contributed by atoms with Gasteiger partial charge in [-0.05, 0) is 32.4 Å². The average molecular weight is 313 g/mol. The average Bonchev–Trinajstić information content (AvgIpc) is 2.44. The van der Waals surface area contributed by atoms with Crippen LogP contribution in [0.1, 0.15) is 27.2 Å². The summed E-state index contributed by atoms with van der Waals surface area (Å²) in [4.78, 5) is 4.40. The van der Waals surface area contributed by atoms with Gasteiger partial charge in [-0.15, -0.1) is 0 Å². The van der Waals surface area contributed by atoms with E-state index in [1.807, 2.05) is 13.8 Å². The lowest BCUT2D eigenvalue weighted by molar-refractivity contribution is -0.00771. The van der Waals surface area contributed by atoms with Crippen LogP contribution in [0.25, 0.3) is 0 Å². The number of nitrogens with zero attached hydrogens (tertiary/aromatic N) is 2. The molecule has 0 aromatic carbocycles. The van der Waals surface area contributed by atoms with Gasteiger partial charge in [-0.25, -0.2) is 13.4 Å². The Bertz CT molecular complexity index is 570. The molecule has 0 bridgehead atoms. The molecule has 1 aliphatic rings. The summed E-state index contributed by atoms with van der Waals surface area (Å²) in [5.74, 6) is 0.692. The molecule has 0 amide bonds. The van der Waals surface area contributed by atoms with Crippen molar-refractivity contribution in [2.24, 2.45) is 0 Å². The Morgan fingerprint density at radius 3 is 2.76 bits per heavy atom. The topological polar surface area (TPSA) is 71.5 Å². The van der Waals surface area contributed by atoms with E-state index in [1.165, 1.54) is 10.5 Å². The second-order valence-electron chi connectivity index (χ2n) is 5.75. The Morgan fingerprint density at radius 1 is 1.43 bits per heavy atom. The fraction of sp³-hybridized carbons (Fsp3) is 0.643. The molecule has 21 heavy (non-hydrogen) atoms. The molecular weight excluding hydrogens is 290 g/mol. The minimum Gasteiger partial charge on any atom is -0.378 e. The first-order valence-corrected chi connectivity index (χ1v) is 8.62. The van der Waals surface area contributed by atoms with E-state index in [1.54, 1.807) is 12.1 Å². The van der Waals surface area contributed by atoms with Crippen molar-refractivity contribution in [1.29, 1.82) is 0 Å². The summed E-state index contributed by atoms with van der Waals surface area (Å²) in [7, 11) is -3.54. The fourth-order valence-corrected chi connectivity index (χ4v) is 4.01. The van der Waals surface area contributed by atoms with E-state index >= 15 is 0 Å². The second kappa shape index (κ2) is 6.29. The molecule has 1 N–H and O–H groups in total. The van der Waals surface area contributed by atoms with Crippen LogP contribution in [0.2, 0.25) is 0 Å². The van der Waals surface area contributed by atoms with Crippen LogP contribution in [-0.4, -0.2) is 49.5 Å². The highest BCUT2D eigenvalue weighted by atomic mass is 32.2. The number of nitrogens with one attached hydrogen (secondary N) is 1. The number of hydrogen-bond donors (Lipinski definition) is 1.